The Morgan fingerprint density at radius 3 is 3.00 bits per heavy atom. The van der Waals surface area contributed by atoms with Crippen LogP contribution in [0.25, 0.3) is 0 Å². The van der Waals surface area contributed by atoms with Gasteiger partial charge in [-0.3, -0.25) is 0 Å². The van der Waals surface area contributed by atoms with E-state index in [-0.39, 0.29) is 0 Å². The summed E-state index contributed by atoms with van der Waals surface area (Å²) in [4.78, 5) is 4.17. The molecule has 0 saturated carbocycles. The van der Waals surface area contributed by atoms with Crippen LogP contribution < -0.4 is 5.32 Å². The number of nitrogens with zero attached hydrogens (tertiary/aromatic N) is 2. The molecule has 1 heterocycles. The van der Waals surface area contributed by atoms with E-state index in [1.165, 1.54) is 5.69 Å². The number of imidazole rings is 1. The summed E-state index contributed by atoms with van der Waals surface area (Å²) < 4.78 is 12.5. The van der Waals surface area contributed by atoms with Gasteiger partial charge in [-0.05, 0) is 13.0 Å². The monoisotopic (exact) mass is 241 g/mol. The largest absolute Gasteiger partial charge is 0.382 e. The van der Waals surface area contributed by atoms with Gasteiger partial charge in [-0.1, -0.05) is 6.92 Å². The molecule has 0 aromatic carbocycles. The van der Waals surface area contributed by atoms with Crippen molar-refractivity contribution in [2.45, 2.75) is 26.4 Å². The van der Waals surface area contributed by atoms with E-state index in [4.69, 9.17) is 9.47 Å². The van der Waals surface area contributed by atoms with Crippen LogP contribution in [0.15, 0.2) is 12.5 Å². The maximum absolute atomic E-state index is 5.42. The number of aromatic nitrogens is 2. The standard InChI is InChI=1S/C12H23N3O2/c1-3-13-9-12-10-14-11-15(12)5-4-6-17-8-7-16-2/h10-11,13H,3-9H2,1-2H3. The molecular formula is C12H23N3O2. The smallest absolute Gasteiger partial charge is 0.0948 e. The second-order valence-electron chi connectivity index (χ2n) is 3.82. The normalized spacial score (nSPS) is 10.9. The van der Waals surface area contributed by atoms with E-state index >= 15 is 0 Å². The van der Waals surface area contributed by atoms with Crippen molar-refractivity contribution in [1.82, 2.24) is 14.9 Å². The predicted molar refractivity (Wildman–Crippen MR) is 66.9 cm³/mol. The molecule has 17 heavy (non-hydrogen) atoms. The Morgan fingerprint density at radius 1 is 1.35 bits per heavy atom. The number of aryl methyl sites for hydroxylation is 1. The molecule has 0 saturated heterocycles. The fourth-order valence-electron chi connectivity index (χ4n) is 1.53. The lowest BCUT2D eigenvalue weighted by atomic mass is 10.4. The van der Waals surface area contributed by atoms with Gasteiger partial charge in [0, 0.05) is 33.0 Å². The number of rotatable bonds is 10. The Kier molecular flexibility index (Phi) is 7.62. The van der Waals surface area contributed by atoms with Crippen molar-refractivity contribution in [2.75, 3.05) is 33.5 Å². The number of ether oxygens (including phenoxy) is 2. The highest BCUT2D eigenvalue weighted by Crippen LogP contribution is 2.00. The number of hydrogen-bond donors (Lipinski definition) is 1. The third kappa shape index (κ3) is 5.81. The minimum Gasteiger partial charge on any atom is -0.382 e. The van der Waals surface area contributed by atoms with Gasteiger partial charge in [0.15, 0.2) is 0 Å². The van der Waals surface area contributed by atoms with Crippen LogP contribution in [0.3, 0.4) is 0 Å². The highest BCUT2D eigenvalue weighted by Gasteiger charge is 2.00. The van der Waals surface area contributed by atoms with Gasteiger partial charge in [0.1, 0.15) is 0 Å². The van der Waals surface area contributed by atoms with Gasteiger partial charge in [-0.25, -0.2) is 4.98 Å². The number of methoxy groups -OCH3 is 1. The van der Waals surface area contributed by atoms with Crippen LogP contribution in [-0.2, 0) is 22.6 Å². The average molecular weight is 241 g/mol. The fraction of sp³-hybridized carbons (Fsp3) is 0.750. The van der Waals surface area contributed by atoms with Crippen LogP contribution in [0.5, 0.6) is 0 Å². The summed E-state index contributed by atoms with van der Waals surface area (Å²) in [6, 6.07) is 0. The topological polar surface area (TPSA) is 48.3 Å². The molecule has 98 valence electrons. The van der Waals surface area contributed by atoms with Gasteiger partial charge in [-0.2, -0.15) is 0 Å². The molecule has 1 N–H and O–H groups in total. The van der Waals surface area contributed by atoms with E-state index in [1.807, 2.05) is 12.5 Å². The molecule has 1 rings (SSSR count). The first-order valence-corrected chi connectivity index (χ1v) is 6.15. The van der Waals surface area contributed by atoms with Crippen LogP contribution in [0.1, 0.15) is 19.0 Å². The third-order valence-corrected chi connectivity index (χ3v) is 2.47. The van der Waals surface area contributed by atoms with E-state index in [0.29, 0.717) is 13.2 Å². The Labute approximate surface area is 103 Å². The minimum absolute atomic E-state index is 0.663. The van der Waals surface area contributed by atoms with Crippen molar-refractivity contribution in [3.05, 3.63) is 18.2 Å². The summed E-state index contributed by atoms with van der Waals surface area (Å²) in [7, 11) is 1.68. The molecule has 0 atom stereocenters. The van der Waals surface area contributed by atoms with E-state index in [2.05, 4.69) is 21.8 Å². The zero-order valence-electron chi connectivity index (χ0n) is 10.8. The van der Waals surface area contributed by atoms with E-state index in [1.54, 1.807) is 7.11 Å². The molecule has 0 fully saturated rings. The van der Waals surface area contributed by atoms with Crippen LogP contribution in [0.2, 0.25) is 0 Å². The molecule has 0 unspecified atom stereocenters. The van der Waals surface area contributed by atoms with E-state index in [9.17, 15) is 0 Å². The summed E-state index contributed by atoms with van der Waals surface area (Å²) in [6.07, 6.45) is 4.79. The first-order chi connectivity index (χ1) is 8.38. The van der Waals surface area contributed by atoms with Crippen molar-refractivity contribution < 1.29 is 9.47 Å². The summed E-state index contributed by atoms with van der Waals surface area (Å²) in [6.45, 7) is 7.01. The number of hydrogen-bond acceptors (Lipinski definition) is 4. The van der Waals surface area contributed by atoms with Gasteiger partial charge in [0.2, 0.25) is 0 Å². The molecule has 0 spiro atoms. The van der Waals surface area contributed by atoms with Crippen LogP contribution in [0.4, 0.5) is 0 Å². The molecule has 0 aliphatic heterocycles. The van der Waals surface area contributed by atoms with Crippen molar-refractivity contribution in [3.63, 3.8) is 0 Å². The molecule has 0 bridgehead atoms. The fourth-order valence-corrected chi connectivity index (χ4v) is 1.53. The molecule has 5 heteroatoms. The Balaban J connectivity index is 2.15. The lowest BCUT2D eigenvalue weighted by molar-refractivity contribution is 0.0679. The second kappa shape index (κ2) is 9.15. The third-order valence-electron chi connectivity index (χ3n) is 2.47. The van der Waals surface area contributed by atoms with Gasteiger partial charge >= 0.3 is 0 Å². The Bertz CT molecular complexity index is 289. The van der Waals surface area contributed by atoms with Crippen LogP contribution in [0, 0.1) is 0 Å². The van der Waals surface area contributed by atoms with Crippen LogP contribution >= 0.6 is 0 Å². The maximum atomic E-state index is 5.42. The van der Waals surface area contributed by atoms with Crippen molar-refractivity contribution >= 4 is 0 Å². The number of nitrogens with one attached hydrogen (secondary N) is 1. The molecule has 0 radical (unpaired) electrons. The van der Waals surface area contributed by atoms with Gasteiger partial charge < -0.3 is 19.4 Å². The van der Waals surface area contributed by atoms with Crippen LogP contribution in [-0.4, -0.2) is 43.0 Å². The predicted octanol–water partition coefficient (Wildman–Crippen LogP) is 1.05. The van der Waals surface area contributed by atoms with Gasteiger partial charge in [0.05, 0.1) is 25.2 Å². The average Bonchev–Trinajstić information content (AvgIpc) is 2.78. The maximum Gasteiger partial charge on any atom is 0.0948 e. The lowest BCUT2D eigenvalue weighted by Gasteiger charge is -2.08. The molecule has 0 aliphatic carbocycles. The van der Waals surface area contributed by atoms with E-state index < -0.39 is 0 Å². The van der Waals surface area contributed by atoms with Crippen molar-refractivity contribution in [1.29, 1.82) is 0 Å². The van der Waals surface area contributed by atoms with Crippen molar-refractivity contribution in [3.8, 4) is 0 Å². The summed E-state index contributed by atoms with van der Waals surface area (Å²) >= 11 is 0. The molecule has 1 aromatic heterocycles. The molecular weight excluding hydrogens is 218 g/mol. The summed E-state index contributed by atoms with van der Waals surface area (Å²) in [5, 5.41) is 3.30. The summed E-state index contributed by atoms with van der Waals surface area (Å²) in [5.41, 5.74) is 1.23. The highest BCUT2D eigenvalue weighted by atomic mass is 16.5. The minimum atomic E-state index is 0.663. The zero-order valence-corrected chi connectivity index (χ0v) is 10.8. The van der Waals surface area contributed by atoms with Gasteiger partial charge in [-0.15, -0.1) is 0 Å². The SMILES string of the molecule is CCNCc1cncn1CCCOCCOC. The second-order valence-corrected chi connectivity index (χ2v) is 3.82. The molecule has 5 nitrogen and oxygen atoms in total. The zero-order chi connectivity index (χ0) is 12.3. The molecule has 1 aromatic rings. The first-order valence-electron chi connectivity index (χ1n) is 6.15. The summed E-state index contributed by atoms with van der Waals surface area (Å²) in [5.74, 6) is 0. The van der Waals surface area contributed by atoms with Gasteiger partial charge in [0.25, 0.3) is 0 Å². The van der Waals surface area contributed by atoms with Crippen molar-refractivity contribution in [2.24, 2.45) is 0 Å². The highest BCUT2D eigenvalue weighted by molar-refractivity contribution is 4.97. The van der Waals surface area contributed by atoms with E-state index in [0.717, 1.165) is 32.7 Å². The first kappa shape index (κ1) is 14.2. The quantitative estimate of drug-likeness (QED) is 0.622. The Morgan fingerprint density at radius 2 is 2.24 bits per heavy atom. The molecule has 0 amide bonds. The lowest BCUT2D eigenvalue weighted by Crippen LogP contribution is -2.15. The molecule has 0 aliphatic rings. The Hall–Kier alpha value is -0.910.